The van der Waals surface area contributed by atoms with Gasteiger partial charge < -0.3 is 10.1 Å². The molecule has 0 bridgehead atoms. The van der Waals surface area contributed by atoms with Crippen molar-refractivity contribution < 1.29 is 4.74 Å². The molecule has 5 heteroatoms. The highest BCUT2D eigenvalue weighted by Crippen LogP contribution is 2.29. The quantitative estimate of drug-likeness (QED) is 0.746. The normalized spacial score (nSPS) is 12.6. The number of methoxy groups -OCH3 is 1. The fourth-order valence-electron chi connectivity index (χ4n) is 2.21. The lowest BCUT2D eigenvalue weighted by Gasteiger charge is -2.17. The second-order valence-corrected chi connectivity index (χ2v) is 6.99. The second-order valence-electron chi connectivity index (χ2n) is 4.84. The third-order valence-electron chi connectivity index (χ3n) is 3.35. The monoisotopic (exact) mass is 368 g/mol. The van der Waals surface area contributed by atoms with Crippen LogP contribution in [0.25, 0.3) is 0 Å². The smallest absolute Gasteiger partial charge is 0.115 e. The van der Waals surface area contributed by atoms with Crippen molar-refractivity contribution >= 4 is 27.3 Å². The van der Waals surface area contributed by atoms with E-state index in [1.165, 1.54) is 16.1 Å². The molecule has 0 amide bonds. The molecule has 1 atom stereocenters. The lowest BCUT2D eigenvalue weighted by Crippen LogP contribution is -2.26. The van der Waals surface area contributed by atoms with Gasteiger partial charge in [0.2, 0.25) is 0 Å². The number of nitrogens with zero attached hydrogens (tertiary/aromatic N) is 1. The predicted octanol–water partition coefficient (Wildman–Crippen LogP) is 4.10. The van der Waals surface area contributed by atoms with Gasteiger partial charge in [-0.05, 0) is 31.0 Å². The van der Waals surface area contributed by atoms with Crippen LogP contribution in [0, 0.1) is 6.92 Å². The zero-order valence-electron chi connectivity index (χ0n) is 12.6. The number of hydrogen-bond acceptors (Lipinski definition) is 4. The van der Waals surface area contributed by atoms with Gasteiger partial charge in [-0.1, -0.05) is 35.0 Å². The van der Waals surface area contributed by atoms with Gasteiger partial charge in [0, 0.05) is 23.0 Å². The van der Waals surface area contributed by atoms with Crippen molar-refractivity contribution in [2.24, 2.45) is 0 Å². The first kappa shape index (κ1) is 16.6. The van der Waals surface area contributed by atoms with Crippen LogP contribution in [0.1, 0.15) is 34.1 Å². The van der Waals surface area contributed by atoms with Crippen LogP contribution in [-0.2, 0) is 11.2 Å². The van der Waals surface area contributed by atoms with Crippen LogP contribution < -0.4 is 5.32 Å². The summed E-state index contributed by atoms with van der Waals surface area (Å²) in [6, 6.07) is 8.54. The highest BCUT2D eigenvalue weighted by molar-refractivity contribution is 9.10. The van der Waals surface area contributed by atoms with E-state index in [0.717, 1.165) is 22.4 Å². The lowest BCUT2D eigenvalue weighted by molar-refractivity contribution is 0.197. The predicted molar refractivity (Wildman–Crippen MR) is 92.1 cm³/mol. The van der Waals surface area contributed by atoms with Crippen molar-refractivity contribution in [2.45, 2.75) is 26.3 Å². The Morgan fingerprint density at radius 3 is 2.62 bits per heavy atom. The van der Waals surface area contributed by atoms with E-state index in [1.807, 2.05) is 0 Å². The number of rotatable bonds is 7. The Morgan fingerprint density at radius 1 is 1.33 bits per heavy atom. The molecule has 0 saturated carbocycles. The molecule has 1 unspecified atom stereocenters. The molecule has 1 N–H and O–H groups in total. The van der Waals surface area contributed by atoms with Gasteiger partial charge >= 0.3 is 0 Å². The second kappa shape index (κ2) is 8.03. The van der Waals surface area contributed by atoms with Crippen LogP contribution in [0.15, 0.2) is 28.7 Å². The van der Waals surface area contributed by atoms with E-state index < -0.39 is 0 Å². The average Bonchev–Trinajstić information content (AvgIpc) is 2.86. The molecule has 3 nitrogen and oxygen atoms in total. The Balaban J connectivity index is 2.27. The number of hydrogen-bond donors (Lipinski definition) is 1. The fourth-order valence-corrected chi connectivity index (χ4v) is 3.59. The molecular formula is C16H21BrN2OS. The summed E-state index contributed by atoms with van der Waals surface area (Å²) in [5, 5.41) is 4.67. The Kier molecular flexibility index (Phi) is 6.36. The molecule has 2 aromatic rings. The largest absolute Gasteiger partial charge is 0.383 e. The first-order valence-electron chi connectivity index (χ1n) is 7.09. The van der Waals surface area contributed by atoms with Gasteiger partial charge in [-0.3, -0.25) is 0 Å². The van der Waals surface area contributed by atoms with E-state index in [4.69, 9.17) is 9.72 Å². The van der Waals surface area contributed by atoms with Crippen LogP contribution >= 0.6 is 27.3 Å². The van der Waals surface area contributed by atoms with Gasteiger partial charge in [0.25, 0.3) is 0 Å². The molecule has 2 rings (SSSR count). The Hall–Kier alpha value is -0.750. The van der Waals surface area contributed by atoms with Crippen LogP contribution in [0.2, 0.25) is 0 Å². The summed E-state index contributed by atoms with van der Waals surface area (Å²) in [7, 11) is 1.72. The van der Waals surface area contributed by atoms with Gasteiger partial charge in [0.05, 0.1) is 18.3 Å². The minimum atomic E-state index is 0.122. The van der Waals surface area contributed by atoms with Crippen molar-refractivity contribution in [3.05, 3.63) is 49.9 Å². The van der Waals surface area contributed by atoms with Crippen LogP contribution in [0.3, 0.4) is 0 Å². The minimum absolute atomic E-state index is 0.122. The van der Waals surface area contributed by atoms with E-state index in [0.29, 0.717) is 6.61 Å². The maximum absolute atomic E-state index is 5.15. The van der Waals surface area contributed by atoms with Crippen LogP contribution in [0.5, 0.6) is 0 Å². The van der Waals surface area contributed by atoms with Gasteiger partial charge in [-0.15, -0.1) is 11.3 Å². The number of benzene rings is 1. The van der Waals surface area contributed by atoms with Crippen molar-refractivity contribution in [1.82, 2.24) is 10.3 Å². The molecule has 0 fully saturated rings. The average molecular weight is 369 g/mol. The summed E-state index contributed by atoms with van der Waals surface area (Å²) in [6.07, 6.45) is 0.980. The summed E-state index contributed by atoms with van der Waals surface area (Å²) in [5.41, 5.74) is 2.43. The van der Waals surface area contributed by atoms with Gasteiger partial charge in [0.15, 0.2) is 0 Å². The molecule has 1 aromatic carbocycles. The zero-order chi connectivity index (χ0) is 15.2. The Labute approximate surface area is 138 Å². The molecular weight excluding hydrogens is 348 g/mol. The first-order chi connectivity index (χ1) is 10.2. The van der Waals surface area contributed by atoms with E-state index in [1.54, 1.807) is 18.4 Å². The van der Waals surface area contributed by atoms with E-state index in [2.05, 4.69) is 59.4 Å². The van der Waals surface area contributed by atoms with Crippen molar-refractivity contribution in [2.75, 3.05) is 20.3 Å². The number of thiazole rings is 1. The number of nitrogens with one attached hydrogen (secondary N) is 1. The molecule has 114 valence electrons. The Bertz CT molecular complexity index is 568. The number of aromatic nitrogens is 1. The molecule has 1 heterocycles. The van der Waals surface area contributed by atoms with Gasteiger partial charge in [-0.2, -0.15) is 0 Å². The van der Waals surface area contributed by atoms with Crippen molar-refractivity contribution in [3.8, 4) is 0 Å². The SMILES string of the molecule is CCc1nc(C(NCCOC)c2ccc(Br)cc2)sc1C. The summed E-state index contributed by atoms with van der Waals surface area (Å²) in [4.78, 5) is 6.12. The summed E-state index contributed by atoms with van der Waals surface area (Å²) in [6.45, 7) is 5.79. The number of aryl methyl sites for hydroxylation is 2. The van der Waals surface area contributed by atoms with Crippen LogP contribution in [-0.4, -0.2) is 25.2 Å². The zero-order valence-corrected chi connectivity index (χ0v) is 15.1. The van der Waals surface area contributed by atoms with Gasteiger partial charge in [0.1, 0.15) is 5.01 Å². The summed E-state index contributed by atoms with van der Waals surface area (Å²) in [5.74, 6) is 0. The minimum Gasteiger partial charge on any atom is -0.383 e. The molecule has 0 saturated heterocycles. The lowest BCUT2D eigenvalue weighted by atomic mass is 10.1. The molecule has 0 aliphatic carbocycles. The topological polar surface area (TPSA) is 34.2 Å². The molecule has 0 radical (unpaired) electrons. The van der Waals surface area contributed by atoms with Crippen molar-refractivity contribution in [3.63, 3.8) is 0 Å². The number of ether oxygens (including phenoxy) is 1. The molecule has 0 aliphatic rings. The van der Waals surface area contributed by atoms with Gasteiger partial charge in [-0.25, -0.2) is 4.98 Å². The van der Waals surface area contributed by atoms with Crippen molar-refractivity contribution in [1.29, 1.82) is 0 Å². The maximum Gasteiger partial charge on any atom is 0.115 e. The van der Waals surface area contributed by atoms with E-state index in [9.17, 15) is 0 Å². The molecule has 1 aromatic heterocycles. The highest BCUT2D eigenvalue weighted by Gasteiger charge is 2.18. The first-order valence-corrected chi connectivity index (χ1v) is 8.70. The fraction of sp³-hybridized carbons (Fsp3) is 0.438. The Morgan fingerprint density at radius 2 is 2.05 bits per heavy atom. The van der Waals surface area contributed by atoms with E-state index >= 15 is 0 Å². The maximum atomic E-state index is 5.15. The molecule has 21 heavy (non-hydrogen) atoms. The summed E-state index contributed by atoms with van der Waals surface area (Å²) < 4.78 is 6.24. The highest BCUT2D eigenvalue weighted by atomic mass is 79.9. The van der Waals surface area contributed by atoms with E-state index in [-0.39, 0.29) is 6.04 Å². The third-order valence-corrected chi connectivity index (χ3v) is 4.96. The van der Waals surface area contributed by atoms with Crippen LogP contribution in [0.4, 0.5) is 0 Å². The summed E-state index contributed by atoms with van der Waals surface area (Å²) >= 11 is 5.27. The molecule has 0 aliphatic heterocycles. The molecule has 0 spiro atoms. The standard InChI is InChI=1S/C16H21BrN2OS/c1-4-14-11(2)21-16(19-14)15(18-9-10-20-3)12-5-7-13(17)8-6-12/h5-8,15,18H,4,9-10H2,1-3H3. The third kappa shape index (κ3) is 4.36. The number of halogens is 1.